The van der Waals surface area contributed by atoms with Gasteiger partial charge >= 0.3 is 5.97 Å². The van der Waals surface area contributed by atoms with Crippen molar-refractivity contribution in [2.45, 2.75) is 16.9 Å². The molecule has 0 atom stereocenters. The van der Waals surface area contributed by atoms with Gasteiger partial charge in [0.25, 0.3) is 0 Å². The topological polar surface area (TPSA) is 51.8 Å². The van der Waals surface area contributed by atoms with Crippen molar-refractivity contribution in [3.63, 3.8) is 0 Å². The van der Waals surface area contributed by atoms with Crippen molar-refractivity contribution in [2.24, 2.45) is 4.99 Å². The number of carbonyl (C=O) groups is 1. The normalized spacial score (nSPS) is 11.1. The zero-order chi connectivity index (χ0) is 19.2. The van der Waals surface area contributed by atoms with Gasteiger partial charge in [-0.2, -0.15) is 0 Å². The van der Waals surface area contributed by atoms with Crippen LogP contribution in [0, 0.1) is 0 Å². The molecule has 1 heterocycles. The Morgan fingerprint density at radius 2 is 2.04 bits per heavy atom. The summed E-state index contributed by atoms with van der Waals surface area (Å²) in [5.41, 5.74) is 1.10. The summed E-state index contributed by atoms with van der Waals surface area (Å²) in [7, 11) is 0. The molecule has 0 aliphatic rings. The first kappa shape index (κ1) is 19.7. The number of halogens is 2. The molecule has 138 valence electrons. The molecular weight excluding hydrogens is 450 g/mol. The first-order chi connectivity index (χ1) is 13.0. The number of benzene rings is 2. The van der Waals surface area contributed by atoms with Gasteiger partial charge in [-0.3, -0.25) is 4.99 Å². The minimum Gasteiger partial charge on any atom is -0.462 e. The van der Waals surface area contributed by atoms with Gasteiger partial charge in [0.05, 0.1) is 28.5 Å². The molecule has 0 fully saturated rings. The van der Waals surface area contributed by atoms with E-state index in [1.165, 1.54) is 11.8 Å². The highest BCUT2D eigenvalue weighted by Gasteiger charge is 2.10. The highest BCUT2D eigenvalue weighted by Crippen LogP contribution is 2.36. The number of esters is 1. The van der Waals surface area contributed by atoms with Crippen LogP contribution < -0.4 is 0 Å². The molecule has 3 rings (SSSR count). The summed E-state index contributed by atoms with van der Waals surface area (Å²) in [6.07, 6.45) is 1.61. The van der Waals surface area contributed by atoms with E-state index >= 15 is 0 Å². The van der Waals surface area contributed by atoms with Gasteiger partial charge in [-0.05, 0) is 65.3 Å². The lowest BCUT2D eigenvalue weighted by atomic mass is 10.2. The van der Waals surface area contributed by atoms with Gasteiger partial charge in [0.1, 0.15) is 5.76 Å². The van der Waals surface area contributed by atoms with E-state index in [4.69, 9.17) is 20.8 Å². The van der Waals surface area contributed by atoms with E-state index in [1.807, 2.05) is 30.3 Å². The maximum atomic E-state index is 11.8. The summed E-state index contributed by atoms with van der Waals surface area (Å²) in [6, 6.07) is 16.3. The van der Waals surface area contributed by atoms with Crippen molar-refractivity contribution in [2.75, 3.05) is 6.61 Å². The second kappa shape index (κ2) is 9.26. The number of aliphatic imine (C=N–C) groups is 1. The molecule has 0 aliphatic carbocycles. The van der Waals surface area contributed by atoms with Crippen molar-refractivity contribution >= 4 is 57.2 Å². The Morgan fingerprint density at radius 3 is 2.78 bits per heavy atom. The SMILES string of the molecule is CCOC(=O)c1cccc(N=Cc2cc(Br)c(Sc3ccc(Cl)cc3)o2)c1. The van der Waals surface area contributed by atoms with E-state index in [2.05, 4.69) is 20.9 Å². The molecule has 0 aliphatic heterocycles. The van der Waals surface area contributed by atoms with Crippen LogP contribution in [-0.2, 0) is 4.74 Å². The third kappa shape index (κ3) is 5.48. The minimum absolute atomic E-state index is 0.334. The second-order valence-electron chi connectivity index (χ2n) is 5.37. The molecule has 0 N–H and O–H groups in total. The zero-order valence-corrected chi connectivity index (χ0v) is 17.5. The van der Waals surface area contributed by atoms with Crippen molar-refractivity contribution in [1.29, 1.82) is 0 Å². The summed E-state index contributed by atoms with van der Waals surface area (Å²) in [5, 5.41) is 1.41. The fraction of sp³-hybridized carbons (Fsp3) is 0.100. The summed E-state index contributed by atoms with van der Waals surface area (Å²) < 4.78 is 11.7. The average molecular weight is 465 g/mol. The molecule has 0 spiro atoms. The predicted octanol–water partition coefficient (Wildman–Crippen LogP) is 6.77. The monoisotopic (exact) mass is 463 g/mol. The lowest BCUT2D eigenvalue weighted by Crippen LogP contribution is -2.03. The van der Waals surface area contributed by atoms with Crippen molar-refractivity contribution in [1.82, 2.24) is 0 Å². The Hall–Kier alpha value is -2.02. The molecule has 0 saturated carbocycles. The van der Waals surface area contributed by atoms with Gasteiger partial charge in [-0.15, -0.1) is 0 Å². The van der Waals surface area contributed by atoms with Crippen LogP contribution in [0.4, 0.5) is 5.69 Å². The number of furan rings is 1. The number of hydrogen-bond donors (Lipinski definition) is 0. The molecule has 2 aromatic carbocycles. The van der Waals surface area contributed by atoms with E-state index < -0.39 is 0 Å². The minimum atomic E-state index is -0.364. The fourth-order valence-electron chi connectivity index (χ4n) is 2.18. The van der Waals surface area contributed by atoms with Crippen LogP contribution in [-0.4, -0.2) is 18.8 Å². The lowest BCUT2D eigenvalue weighted by Gasteiger charge is -2.01. The van der Waals surface area contributed by atoms with Crippen LogP contribution in [0.5, 0.6) is 0 Å². The number of hydrogen-bond acceptors (Lipinski definition) is 5. The number of nitrogens with zero attached hydrogens (tertiary/aromatic N) is 1. The van der Waals surface area contributed by atoms with Crippen molar-refractivity contribution in [3.8, 4) is 0 Å². The van der Waals surface area contributed by atoms with Gasteiger partial charge in [0, 0.05) is 16.0 Å². The lowest BCUT2D eigenvalue weighted by molar-refractivity contribution is 0.0526. The smallest absolute Gasteiger partial charge is 0.338 e. The highest BCUT2D eigenvalue weighted by atomic mass is 79.9. The standard InChI is InChI=1S/C20H15BrClNO3S/c1-2-25-19(24)13-4-3-5-15(10-13)23-12-16-11-18(21)20(26-16)27-17-8-6-14(22)7-9-17/h3-12H,2H2,1H3. The molecule has 0 bridgehead atoms. The molecule has 0 unspecified atom stereocenters. The molecular formula is C20H15BrClNO3S. The summed E-state index contributed by atoms with van der Waals surface area (Å²) >= 11 is 10.9. The second-order valence-corrected chi connectivity index (χ2v) is 7.71. The highest BCUT2D eigenvalue weighted by molar-refractivity contribution is 9.10. The van der Waals surface area contributed by atoms with E-state index in [-0.39, 0.29) is 5.97 Å². The summed E-state index contributed by atoms with van der Waals surface area (Å²) in [4.78, 5) is 17.2. The first-order valence-corrected chi connectivity index (χ1v) is 10.1. The molecule has 0 radical (unpaired) electrons. The Balaban J connectivity index is 1.73. The number of ether oxygens (including phenoxy) is 1. The van der Waals surface area contributed by atoms with Crippen LogP contribution in [0.25, 0.3) is 0 Å². The average Bonchev–Trinajstić information content (AvgIpc) is 3.02. The Bertz CT molecular complexity index is 970. The van der Waals surface area contributed by atoms with Crippen molar-refractivity contribution in [3.05, 3.63) is 75.4 Å². The zero-order valence-electron chi connectivity index (χ0n) is 14.3. The maximum Gasteiger partial charge on any atom is 0.338 e. The Labute approximate surface area is 174 Å². The van der Waals surface area contributed by atoms with Crippen LogP contribution in [0.3, 0.4) is 0 Å². The third-order valence-corrected chi connectivity index (χ3v) is 5.50. The predicted molar refractivity (Wildman–Crippen MR) is 112 cm³/mol. The maximum absolute atomic E-state index is 11.8. The van der Waals surface area contributed by atoms with Gasteiger partial charge in [-0.1, -0.05) is 29.4 Å². The first-order valence-electron chi connectivity index (χ1n) is 8.09. The van der Waals surface area contributed by atoms with Gasteiger partial charge in [0.2, 0.25) is 0 Å². The molecule has 27 heavy (non-hydrogen) atoms. The Kier molecular flexibility index (Phi) is 6.77. The van der Waals surface area contributed by atoms with Crippen LogP contribution in [0.1, 0.15) is 23.0 Å². The van der Waals surface area contributed by atoms with E-state index in [1.54, 1.807) is 37.4 Å². The van der Waals surface area contributed by atoms with Crippen LogP contribution in [0.2, 0.25) is 5.02 Å². The van der Waals surface area contributed by atoms with E-state index in [0.717, 1.165) is 14.5 Å². The molecule has 4 nitrogen and oxygen atoms in total. The molecule has 7 heteroatoms. The summed E-state index contributed by atoms with van der Waals surface area (Å²) in [5.74, 6) is 0.233. The van der Waals surface area contributed by atoms with E-state index in [9.17, 15) is 4.79 Å². The van der Waals surface area contributed by atoms with Crippen LogP contribution >= 0.6 is 39.3 Å². The molecule has 0 saturated heterocycles. The van der Waals surface area contributed by atoms with Gasteiger partial charge in [-0.25, -0.2) is 4.79 Å². The summed E-state index contributed by atoms with van der Waals surface area (Å²) in [6.45, 7) is 2.11. The molecule has 0 amide bonds. The van der Waals surface area contributed by atoms with Gasteiger partial charge < -0.3 is 9.15 Å². The van der Waals surface area contributed by atoms with E-state index in [0.29, 0.717) is 28.6 Å². The van der Waals surface area contributed by atoms with Gasteiger partial charge in [0.15, 0.2) is 5.09 Å². The number of carbonyl (C=O) groups excluding carboxylic acids is 1. The Morgan fingerprint density at radius 1 is 1.26 bits per heavy atom. The quantitative estimate of drug-likeness (QED) is 0.298. The largest absolute Gasteiger partial charge is 0.462 e. The third-order valence-electron chi connectivity index (χ3n) is 3.40. The number of rotatable bonds is 6. The molecule has 3 aromatic rings. The molecule has 1 aromatic heterocycles. The van der Waals surface area contributed by atoms with Crippen molar-refractivity contribution < 1.29 is 13.9 Å². The fourth-order valence-corrected chi connectivity index (χ4v) is 3.63. The van der Waals surface area contributed by atoms with Crippen LogP contribution in [0.15, 0.2) is 78.5 Å².